The summed E-state index contributed by atoms with van der Waals surface area (Å²) in [6.07, 6.45) is 0. The van der Waals surface area contributed by atoms with E-state index in [0.717, 1.165) is 22.3 Å². The zero-order valence-corrected chi connectivity index (χ0v) is 13.7. The first-order chi connectivity index (χ1) is 12.7. The summed E-state index contributed by atoms with van der Waals surface area (Å²) in [5.41, 5.74) is 19.1. The standard InChI is InChI=1S/C20H14N4O2/c21-13-5-7-16-18(9-13)26-19-10-14(23-24-22)6-8-17(19)20(16)15-4-2-1-3-12(15)11-25-20/h1-10H,11,21H2. The molecule has 6 nitrogen and oxygen atoms in total. The van der Waals surface area contributed by atoms with Gasteiger partial charge in [-0.2, -0.15) is 0 Å². The maximum Gasteiger partial charge on any atom is 0.151 e. The SMILES string of the molecule is [N-]=[N+]=Nc1ccc2c(c1)Oc1cc(N)ccc1C21OCc2ccccc21. The van der Waals surface area contributed by atoms with Crippen LogP contribution in [0.5, 0.6) is 11.5 Å². The highest BCUT2D eigenvalue weighted by atomic mass is 16.5. The largest absolute Gasteiger partial charge is 0.456 e. The lowest BCUT2D eigenvalue weighted by Crippen LogP contribution is -2.32. The van der Waals surface area contributed by atoms with Gasteiger partial charge in [0.25, 0.3) is 0 Å². The van der Waals surface area contributed by atoms with Crippen LogP contribution in [-0.2, 0) is 16.9 Å². The van der Waals surface area contributed by atoms with E-state index in [-0.39, 0.29) is 0 Å². The molecule has 3 aromatic rings. The maximum atomic E-state index is 8.73. The summed E-state index contributed by atoms with van der Waals surface area (Å²) >= 11 is 0. The molecule has 2 N–H and O–H groups in total. The molecular formula is C20H14N4O2. The molecule has 1 atom stereocenters. The van der Waals surface area contributed by atoms with Crippen LogP contribution in [-0.4, -0.2) is 0 Å². The minimum atomic E-state index is -0.762. The number of benzene rings is 3. The quantitative estimate of drug-likeness (QED) is 0.287. The van der Waals surface area contributed by atoms with Crippen LogP contribution in [0, 0.1) is 0 Å². The highest BCUT2D eigenvalue weighted by Gasteiger charge is 2.49. The second kappa shape index (κ2) is 5.26. The zero-order chi connectivity index (χ0) is 17.7. The van der Waals surface area contributed by atoms with Gasteiger partial charge in [0.2, 0.25) is 0 Å². The van der Waals surface area contributed by atoms with Crippen molar-refractivity contribution in [2.45, 2.75) is 12.2 Å². The average Bonchev–Trinajstić information content (AvgIpc) is 3.02. The lowest BCUT2D eigenvalue weighted by molar-refractivity contribution is 0.0200. The van der Waals surface area contributed by atoms with Crippen LogP contribution in [0.2, 0.25) is 0 Å². The van der Waals surface area contributed by atoms with E-state index in [1.165, 1.54) is 0 Å². The van der Waals surface area contributed by atoms with Gasteiger partial charge in [0.05, 0.1) is 6.61 Å². The Balaban J connectivity index is 1.85. The van der Waals surface area contributed by atoms with Crippen LogP contribution in [0.4, 0.5) is 11.4 Å². The molecule has 0 radical (unpaired) electrons. The number of ether oxygens (including phenoxy) is 2. The zero-order valence-electron chi connectivity index (χ0n) is 13.7. The van der Waals surface area contributed by atoms with E-state index in [1.807, 2.05) is 30.3 Å². The summed E-state index contributed by atoms with van der Waals surface area (Å²) in [6, 6.07) is 19.2. The van der Waals surface area contributed by atoms with E-state index >= 15 is 0 Å². The molecule has 0 aliphatic carbocycles. The normalized spacial score (nSPS) is 19.1. The van der Waals surface area contributed by atoms with Gasteiger partial charge in [-0.1, -0.05) is 41.5 Å². The van der Waals surface area contributed by atoms with Crippen molar-refractivity contribution in [3.8, 4) is 11.5 Å². The number of rotatable bonds is 1. The van der Waals surface area contributed by atoms with Crippen molar-refractivity contribution >= 4 is 11.4 Å². The third kappa shape index (κ3) is 1.88. The smallest absolute Gasteiger partial charge is 0.151 e. The van der Waals surface area contributed by atoms with Gasteiger partial charge in [-0.05, 0) is 34.9 Å². The van der Waals surface area contributed by atoms with E-state index in [4.69, 9.17) is 20.7 Å². The molecule has 3 aromatic carbocycles. The second-order valence-electron chi connectivity index (χ2n) is 6.35. The van der Waals surface area contributed by atoms with E-state index < -0.39 is 5.60 Å². The molecule has 0 saturated carbocycles. The van der Waals surface area contributed by atoms with E-state index in [9.17, 15) is 0 Å². The molecule has 126 valence electrons. The van der Waals surface area contributed by atoms with Crippen molar-refractivity contribution in [2.24, 2.45) is 5.11 Å². The van der Waals surface area contributed by atoms with Crippen LogP contribution >= 0.6 is 0 Å². The molecule has 1 unspecified atom stereocenters. The number of nitrogens with zero attached hydrogens (tertiary/aromatic N) is 3. The van der Waals surface area contributed by atoms with Crippen LogP contribution in [0.3, 0.4) is 0 Å². The summed E-state index contributed by atoms with van der Waals surface area (Å²) in [5, 5.41) is 3.68. The van der Waals surface area contributed by atoms with Gasteiger partial charge >= 0.3 is 0 Å². The second-order valence-corrected chi connectivity index (χ2v) is 6.35. The van der Waals surface area contributed by atoms with Crippen molar-refractivity contribution in [1.82, 2.24) is 0 Å². The predicted octanol–water partition coefficient (Wildman–Crippen LogP) is 5.14. The molecule has 2 heterocycles. The number of nitrogens with two attached hydrogens (primary N) is 1. The van der Waals surface area contributed by atoms with Crippen molar-refractivity contribution in [3.05, 3.63) is 93.4 Å². The lowest BCUT2D eigenvalue weighted by Gasteiger charge is -2.37. The van der Waals surface area contributed by atoms with E-state index in [0.29, 0.717) is 29.5 Å². The Morgan fingerprint density at radius 2 is 1.73 bits per heavy atom. The fraction of sp³-hybridized carbons (Fsp3) is 0.100. The summed E-state index contributed by atoms with van der Waals surface area (Å²) < 4.78 is 12.5. The highest BCUT2D eigenvalue weighted by Crippen LogP contribution is 2.56. The Kier molecular flexibility index (Phi) is 3.00. The number of anilines is 1. The molecule has 0 fully saturated rings. The third-order valence-electron chi connectivity index (χ3n) is 4.95. The molecule has 0 saturated heterocycles. The fourth-order valence-electron chi connectivity index (χ4n) is 3.88. The first-order valence-corrected chi connectivity index (χ1v) is 8.22. The molecule has 0 amide bonds. The van der Waals surface area contributed by atoms with Crippen LogP contribution in [0.25, 0.3) is 10.4 Å². The number of azide groups is 1. The van der Waals surface area contributed by atoms with Gasteiger partial charge in [0, 0.05) is 33.5 Å². The van der Waals surface area contributed by atoms with Gasteiger partial charge < -0.3 is 15.2 Å². The lowest BCUT2D eigenvalue weighted by atomic mass is 9.77. The van der Waals surface area contributed by atoms with Gasteiger partial charge in [0.1, 0.15) is 11.5 Å². The van der Waals surface area contributed by atoms with Gasteiger partial charge in [-0.3, -0.25) is 0 Å². The number of fused-ring (bicyclic) bond motifs is 6. The van der Waals surface area contributed by atoms with Gasteiger partial charge in [0.15, 0.2) is 5.60 Å². The molecule has 2 aliphatic heterocycles. The number of hydrogen-bond acceptors (Lipinski definition) is 4. The Hall–Kier alpha value is -3.47. The Morgan fingerprint density at radius 3 is 2.58 bits per heavy atom. The summed E-state index contributed by atoms with van der Waals surface area (Å²) in [5.74, 6) is 1.25. The molecular weight excluding hydrogens is 328 g/mol. The molecule has 2 aliphatic rings. The first-order valence-electron chi connectivity index (χ1n) is 8.22. The minimum Gasteiger partial charge on any atom is -0.456 e. The van der Waals surface area contributed by atoms with Crippen molar-refractivity contribution in [2.75, 3.05) is 5.73 Å². The molecule has 0 aromatic heterocycles. The predicted molar refractivity (Wildman–Crippen MR) is 97.3 cm³/mol. The van der Waals surface area contributed by atoms with Crippen molar-refractivity contribution in [3.63, 3.8) is 0 Å². The average molecular weight is 342 g/mol. The van der Waals surface area contributed by atoms with Crippen LogP contribution in [0.1, 0.15) is 22.3 Å². The molecule has 6 heteroatoms. The summed E-state index contributed by atoms with van der Waals surface area (Å²) in [6.45, 7) is 0.511. The third-order valence-corrected chi connectivity index (χ3v) is 4.95. The molecule has 5 rings (SSSR count). The van der Waals surface area contributed by atoms with E-state index in [1.54, 1.807) is 18.2 Å². The van der Waals surface area contributed by atoms with Crippen molar-refractivity contribution in [1.29, 1.82) is 0 Å². The Morgan fingerprint density at radius 1 is 0.962 bits per heavy atom. The van der Waals surface area contributed by atoms with Crippen LogP contribution < -0.4 is 10.5 Å². The number of hydrogen-bond donors (Lipinski definition) is 1. The topological polar surface area (TPSA) is 93.2 Å². The van der Waals surface area contributed by atoms with Crippen molar-refractivity contribution < 1.29 is 9.47 Å². The summed E-state index contributed by atoms with van der Waals surface area (Å²) in [4.78, 5) is 2.86. The van der Waals surface area contributed by atoms with E-state index in [2.05, 4.69) is 22.2 Å². The van der Waals surface area contributed by atoms with Gasteiger partial charge in [-0.15, -0.1) is 0 Å². The fourth-order valence-corrected chi connectivity index (χ4v) is 3.88. The Bertz CT molecular complexity index is 1100. The molecule has 26 heavy (non-hydrogen) atoms. The summed E-state index contributed by atoms with van der Waals surface area (Å²) in [7, 11) is 0. The highest BCUT2D eigenvalue weighted by molar-refractivity contribution is 5.67. The monoisotopic (exact) mass is 342 g/mol. The Labute approximate surface area is 149 Å². The molecule has 0 bridgehead atoms. The maximum absolute atomic E-state index is 8.73. The number of nitrogen functional groups attached to an aromatic ring is 1. The minimum absolute atomic E-state index is 0.486. The van der Waals surface area contributed by atoms with Gasteiger partial charge in [-0.25, -0.2) is 0 Å². The van der Waals surface area contributed by atoms with Crippen LogP contribution in [0.15, 0.2) is 65.8 Å². The first kappa shape index (κ1) is 14.8. The molecule has 1 spiro atoms.